The van der Waals surface area contributed by atoms with E-state index in [0.29, 0.717) is 18.7 Å². The predicted molar refractivity (Wildman–Crippen MR) is 90.7 cm³/mol. The van der Waals surface area contributed by atoms with Crippen LogP contribution in [0.3, 0.4) is 0 Å². The molecule has 2 heterocycles. The Balaban J connectivity index is 1.75. The molecule has 1 saturated heterocycles. The Morgan fingerprint density at radius 2 is 1.84 bits per heavy atom. The Labute approximate surface area is 149 Å². The van der Waals surface area contributed by atoms with Gasteiger partial charge >= 0.3 is 5.97 Å². The van der Waals surface area contributed by atoms with E-state index in [-0.39, 0.29) is 21.8 Å². The van der Waals surface area contributed by atoms with E-state index in [0.717, 1.165) is 31.0 Å². The number of aliphatic carboxylic acids is 1. The van der Waals surface area contributed by atoms with Crippen LogP contribution >= 0.6 is 11.8 Å². The summed E-state index contributed by atoms with van der Waals surface area (Å²) < 4.78 is 32.1. The van der Waals surface area contributed by atoms with Gasteiger partial charge in [-0.15, -0.1) is 10.2 Å². The van der Waals surface area contributed by atoms with Gasteiger partial charge in [0, 0.05) is 18.7 Å². The first-order valence-corrected chi connectivity index (χ1v) is 10.2. The van der Waals surface area contributed by atoms with E-state index in [1.54, 1.807) is 12.1 Å². The summed E-state index contributed by atoms with van der Waals surface area (Å²) in [4.78, 5) is 10.8. The van der Waals surface area contributed by atoms with Gasteiger partial charge < -0.3 is 9.52 Å². The lowest BCUT2D eigenvalue weighted by Gasteiger charge is -2.25. The molecule has 0 spiro atoms. The molecule has 0 atom stereocenters. The molecule has 0 unspecified atom stereocenters. The standard InChI is InChI=1S/C15H17N3O5S2/c19-13(20)10-24-15-17-16-14(23-15)11-4-6-12(7-5-11)25(21,22)18-8-2-1-3-9-18/h4-7H,1-3,8-10H2,(H,19,20). The Kier molecular flexibility index (Phi) is 5.40. The van der Waals surface area contributed by atoms with Gasteiger partial charge in [0.2, 0.25) is 15.9 Å². The fourth-order valence-electron chi connectivity index (χ4n) is 2.53. The molecule has 8 nitrogen and oxygen atoms in total. The maximum absolute atomic E-state index is 12.6. The van der Waals surface area contributed by atoms with Crippen molar-refractivity contribution < 1.29 is 22.7 Å². The first-order valence-electron chi connectivity index (χ1n) is 7.75. The van der Waals surface area contributed by atoms with Gasteiger partial charge in [0.25, 0.3) is 5.22 Å². The molecule has 1 aromatic carbocycles. The van der Waals surface area contributed by atoms with E-state index >= 15 is 0 Å². The second-order valence-electron chi connectivity index (χ2n) is 5.54. The molecule has 0 saturated carbocycles. The van der Waals surface area contributed by atoms with Crippen LogP contribution in [0.4, 0.5) is 0 Å². The van der Waals surface area contributed by atoms with Crippen molar-refractivity contribution in [2.24, 2.45) is 0 Å². The van der Waals surface area contributed by atoms with Crippen LogP contribution in [-0.4, -0.2) is 52.8 Å². The zero-order chi connectivity index (χ0) is 17.9. The van der Waals surface area contributed by atoms with Crippen LogP contribution < -0.4 is 0 Å². The van der Waals surface area contributed by atoms with Crippen molar-refractivity contribution in [1.29, 1.82) is 0 Å². The van der Waals surface area contributed by atoms with Gasteiger partial charge in [0.05, 0.1) is 4.90 Å². The summed E-state index contributed by atoms with van der Waals surface area (Å²) in [7, 11) is -3.48. The topological polar surface area (TPSA) is 114 Å². The van der Waals surface area contributed by atoms with E-state index in [4.69, 9.17) is 9.52 Å². The fourth-order valence-corrected chi connectivity index (χ4v) is 4.53. The molecule has 1 aliphatic rings. The number of benzene rings is 1. The number of rotatable bonds is 6. The van der Waals surface area contributed by atoms with Crippen molar-refractivity contribution in [3.05, 3.63) is 24.3 Å². The number of carboxylic acids is 1. The monoisotopic (exact) mass is 383 g/mol. The fraction of sp³-hybridized carbons (Fsp3) is 0.400. The summed E-state index contributed by atoms with van der Waals surface area (Å²) in [6.45, 7) is 1.11. The van der Waals surface area contributed by atoms with Crippen molar-refractivity contribution in [1.82, 2.24) is 14.5 Å². The van der Waals surface area contributed by atoms with E-state index < -0.39 is 16.0 Å². The summed E-state index contributed by atoms with van der Waals surface area (Å²) in [6.07, 6.45) is 2.83. The molecule has 10 heteroatoms. The molecule has 1 aliphatic heterocycles. The average molecular weight is 383 g/mol. The van der Waals surface area contributed by atoms with E-state index in [9.17, 15) is 13.2 Å². The first kappa shape index (κ1) is 17.9. The second-order valence-corrected chi connectivity index (χ2v) is 8.41. The highest BCUT2D eigenvalue weighted by Crippen LogP contribution is 2.26. The predicted octanol–water partition coefficient (Wildman–Crippen LogP) is 2.09. The van der Waals surface area contributed by atoms with Gasteiger partial charge in [-0.3, -0.25) is 4.79 Å². The minimum Gasteiger partial charge on any atom is -0.481 e. The van der Waals surface area contributed by atoms with Crippen molar-refractivity contribution in [3.8, 4) is 11.5 Å². The Hall–Kier alpha value is -1.91. The van der Waals surface area contributed by atoms with Crippen molar-refractivity contribution in [3.63, 3.8) is 0 Å². The van der Waals surface area contributed by atoms with Crippen LogP contribution in [0.25, 0.3) is 11.5 Å². The maximum atomic E-state index is 12.6. The molecular formula is C15H17N3O5S2. The Morgan fingerprint density at radius 3 is 2.48 bits per heavy atom. The Bertz CT molecular complexity index is 842. The zero-order valence-corrected chi connectivity index (χ0v) is 14.9. The molecule has 0 aliphatic carbocycles. The molecule has 0 amide bonds. The number of sulfonamides is 1. The molecule has 3 rings (SSSR count). The number of hydrogen-bond acceptors (Lipinski definition) is 7. The van der Waals surface area contributed by atoms with Gasteiger partial charge in [0.15, 0.2) is 0 Å². The van der Waals surface area contributed by atoms with Crippen molar-refractivity contribution >= 4 is 27.8 Å². The van der Waals surface area contributed by atoms with Crippen LogP contribution in [0.2, 0.25) is 0 Å². The van der Waals surface area contributed by atoms with Gasteiger partial charge in [-0.25, -0.2) is 8.42 Å². The third-order valence-corrected chi connectivity index (χ3v) is 6.50. The number of carboxylic acid groups (broad SMARTS) is 1. The van der Waals surface area contributed by atoms with Crippen molar-refractivity contribution in [2.45, 2.75) is 29.4 Å². The smallest absolute Gasteiger partial charge is 0.314 e. The molecule has 1 fully saturated rings. The number of nitrogens with zero attached hydrogens (tertiary/aromatic N) is 3. The SMILES string of the molecule is O=C(O)CSc1nnc(-c2ccc(S(=O)(=O)N3CCCCC3)cc2)o1. The third-order valence-electron chi connectivity index (χ3n) is 3.78. The summed E-state index contributed by atoms with van der Waals surface area (Å²) >= 11 is 0.928. The number of carbonyl (C=O) groups is 1. The molecule has 2 aromatic rings. The lowest BCUT2D eigenvalue weighted by Crippen LogP contribution is -2.35. The molecule has 134 valence electrons. The largest absolute Gasteiger partial charge is 0.481 e. The molecular weight excluding hydrogens is 366 g/mol. The maximum Gasteiger partial charge on any atom is 0.314 e. The molecule has 25 heavy (non-hydrogen) atoms. The average Bonchev–Trinajstić information content (AvgIpc) is 3.10. The van der Waals surface area contributed by atoms with Crippen LogP contribution in [0, 0.1) is 0 Å². The van der Waals surface area contributed by atoms with E-state index in [2.05, 4.69) is 10.2 Å². The van der Waals surface area contributed by atoms with Crippen LogP contribution in [-0.2, 0) is 14.8 Å². The minimum atomic E-state index is -3.48. The van der Waals surface area contributed by atoms with Crippen LogP contribution in [0.5, 0.6) is 0 Å². The third kappa shape index (κ3) is 4.20. The van der Waals surface area contributed by atoms with Gasteiger partial charge in [-0.2, -0.15) is 4.31 Å². The molecule has 0 bridgehead atoms. The van der Waals surface area contributed by atoms with E-state index in [1.807, 2.05) is 0 Å². The summed E-state index contributed by atoms with van der Waals surface area (Å²) in [6, 6.07) is 6.26. The van der Waals surface area contributed by atoms with Gasteiger partial charge in [-0.05, 0) is 37.1 Å². The van der Waals surface area contributed by atoms with E-state index in [1.165, 1.54) is 16.4 Å². The highest BCUT2D eigenvalue weighted by molar-refractivity contribution is 7.99. The summed E-state index contributed by atoms with van der Waals surface area (Å²) in [5, 5.41) is 16.4. The van der Waals surface area contributed by atoms with Crippen LogP contribution in [0.15, 0.2) is 38.8 Å². The number of thioether (sulfide) groups is 1. The van der Waals surface area contributed by atoms with Crippen LogP contribution in [0.1, 0.15) is 19.3 Å². The summed E-state index contributed by atoms with van der Waals surface area (Å²) in [5.41, 5.74) is 0.576. The summed E-state index contributed by atoms with van der Waals surface area (Å²) in [5.74, 6) is -0.930. The molecule has 0 radical (unpaired) electrons. The highest BCUT2D eigenvalue weighted by atomic mass is 32.2. The number of piperidine rings is 1. The number of hydrogen-bond donors (Lipinski definition) is 1. The second kappa shape index (κ2) is 7.54. The van der Waals surface area contributed by atoms with Crippen molar-refractivity contribution in [2.75, 3.05) is 18.8 Å². The normalized spacial score (nSPS) is 16.0. The molecule has 1 aromatic heterocycles. The molecule has 1 N–H and O–H groups in total. The highest BCUT2D eigenvalue weighted by Gasteiger charge is 2.25. The Morgan fingerprint density at radius 1 is 1.16 bits per heavy atom. The first-order chi connectivity index (χ1) is 12.0. The minimum absolute atomic E-state index is 0.155. The lowest BCUT2D eigenvalue weighted by atomic mass is 10.2. The van der Waals surface area contributed by atoms with Gasteiger partial charge in [0.1, 0.15) is 5.75 Å². The number of aromatic nitrogens is 2. The lowest BCUT2D eigenvalue weighted by molar-refractivity contribution is -0.133. The zero-order valence-electron chi connectivity index (χ0n) is 13.3. The van der Waals surface area contributed by atoms with Gasteiger partial charge in [-0.1, -0.05) is 18.2 Å². The quantitative estimate of drug-likeness (QED) is 0.754.